The molecule has 0 fully saturated rings. The molecule has 2 nitrogen and oxygen atoms in total. The van der Waals surface area contributed by atoms with Gasteiger partial charge in [0, 0.05) is 5.39 Å². The van der Waals surface area contributed by atoms with Crippen LogP contribution in [-0.4, -0.2) is 11.1 Å². The molecule has 0 aliphatic rings. The number of rotatable bonds is 1. The number of aryl methyl sites for hydroxylation is 2. The van der Waals surface area contributed by atoms with Crippen molar-refractivity contribution in [3.8, 4) is 0 Å². The third-order valence-corrected chi connectivity index (χ3v) is 4.55. The first-order valence-electron chi connectivity index (χ1n) is 3.81. The van der Waals surface area contributed by atoms with Gasteiger partial charge in [-0.1, -0.05) is 0 Å². The molecule has 13 heavy (non-hydrogen) atoms. The van der Waals surface area contributed by atoms with Crippen LogP contribution >= 0.6 is 22.7 Å². The predicted octanol–water partition coefficient (Wildman–Crippen LogP) is 3.28. The Morgan fingerprint density at radius 1 is 1.46 bits per heavy atom. The summed E-state index contributed by atoms with van der Waals surface area (Å²) in [6, 6.07) is 0. The molecule has 68 valence electrons. The van der Waals surface area contributed by atoms with Crippen molar-refractivity contribution < 1.29 is 9.90 Å². The smallest absolute Gasteiger partial charge is 0.346 e. The summed E-state index contributed by atoms with van der Waals surface area (Å²) in [5, 5.41) is 12.1. The van der Waals surface area contributed by atoms with Crippen LogP contribution in [0.4, 0.5) is 0 Å². The average Bonchev–Trinajstić information content (AvgIpc) is 2.55. The van der Waals surface area contributed by atoms with Crippen molar-refractivity contribution in [3.63, 3.8) is 0 Å². The van der Waals surface area contributed by atoms with Gasteiger partial charge in [-0.15, -0.1) is 22.7 Å². The molecule has 0 saturated carbocycles. The lowest BCUT2D eigenvalue weighted by molar-refractivity contribution is 0.0701. The van der Waals surface area contributed by atoms with E-state index >= 15 is 0 Å². The van der Waals surface area contributed by atoms with Crippen LogP contribution in [0.2, 0.25) is 0 Å². The topological polar surface area (TPSA) is 37.3 Å². The van der Waals surface area contributed by atoms with Gasteiger partial charge in [0.05, 0.1) is 4.01 Å². The van der Waals surface area contributed by atoms with E-state index in [-0.39, 0.29) is 0 Å². The number of aromatic carboxylic acids is 1. The fourth-order valence-electron chi connectivity index (χ4n) is 1.43. The van der Waals surface area contributed by atoms with Crippen LogP contribution in [0.5, 0.6) is 0 Å². The highest BCUT2D eigenvalue weighted by atomic mass is 32.2. The third-order valence-electron chi connectivity index (χ3n) is 2.05. The summed E-state index contributed by atoms with van der Waals surface area (Å²) in [7, 11) is 0. The fourth-order valence-corrected chi connectivity index (χ4v) is 3.80. The SMILES string of the molecule is Cc1csc2sc(C(=O)O)c(C)c12. The minimum Gasteiger partial charge on any atom is -0.477 e. The third kappa shape index (κ3) is 1.17. The van der Waals surface area contributed by atoms with Gasteiger partial charge in [0.15, 0.2) is 0 Å². The van der Waals surface area contributed by atoms with Crippen LogP contribution in [0.1, 0.15) is 20.8 Å². The standard InChI is InChI=1S/C9H8O2S2/c1-4-3-12-9-6(4)5(2)7(13-9)8(10)11/h3H,1-2H3,(H,10,11). The molecular weight excluding hydrogens is 204 g/mol. The van der Waals surface area contributed by atoms with E-state index < -0.39 is 5.97 Å². The largest absolute Gasteiger partial charge is 0.477 e. The highest BCUT2D eigenvalue weighted by molar-refractivity contribution is 7.38. The molecule has 0 amide bonds. The second kappa shape index (κ2) is 2.82. The molecule has 0 aliphatic carbocycles. The Morgan fingerprint density at radius 3 is 2.69 bits per heavy atom. The first-order chi connectivity index (χ1) is 6.11. The molecule has 2 heterocycles. The summed E-state index contributed by atoms with van der Waals surface area (Å²) in [6.45, 7) is 3.90. The van der Waals surface area contributed by atoms with Crippen molar-refractivity contribution in [3.05, 3.63) is 21.4 Å². The molecule has 0 spiro atoms. The first kappa shape index (κ1) is 8.72. The second-order valence-electron chi connectivity index (χ2n) is 2.94. The normalized spacial score (nSPS) is 10.9. The van der Waals surface area contributed by atoms with Crippen molar-refractivity contribution in [2.75, 3.05) is 0 Å². The quantitative estimate of drug-likeness (QED) is 0.787. The van der Waals surface area contributed by atoms with Crippen LogP contribution < -0.4 is 0 Å². The van der Waals surface area contributed by atoms with Crippen LogP contribution in [0, 0.1) is 13.8 Å². The molecule has 0 bridgehead atoms. The average molecular weight is 212 g/mol. The van der Waals surface area contributed by atoms with Crippen molar-refractivity contribution in [2.45, 2.75) is 13.8 Å². The van der Waals surface area contributed by atoms with Crippen molar-refractivity contribution >= 4 is 38.0 Å². The van der Waals surface area contributed by atoms with Gasteiger partial charge in [-0.25, -0.2) is 4.79 Å². The highest BCUT2D eigenvalue weighted by Gasteiger charge is 2.16. The van der Waals surface area contributed by atoms with Gasteiger partial charge in [-0.05, 0) is 30.4 Å². The van der Waals surface area contributed by atoms with Gasteiger partial charge >= 0.3 is 5.97 Å². The zero-order chi connectivity index (χ0) is 9.59. The van der Waals surface area contributed by atoms with Gasteiger partial charge in [0.2, 0.25) is 0 Å². The van der Waals surface area contributed by atoms with Crippen LogP contribution in [0.15, 0.2) is 5.38 Å². The monoisotopic (exact) mass is 212 g/mol. The molecule has 4 heteroatoms. The molecule has 1 N–H and O–H groups in total. The molecule has 2 rings (SSSR count). The van der Waals surface area contributed by atoms with Crippen molar-refractivity contribution in [2.24, 2.45) is 0 Å². The van der Waals surface area contributed by atoms with Crippen molar-refractivity contribution in [1.82, 2.24) is 0 Å². The summed E-state index contributed by atoms with van der Waals surface area (Å²) in [6.07, 6.45) is 0. The van der Waals surface area contributed by atoms with E-state index in [9.17, 15) is 4.79 Å². The molecule has 0 radical (unpaired) electrons. The highest BCUT2D eigenvalue weighted by Crippen LogP contribution is 2.37. The Kier molecular flexibility index (Phi) is 1.89. The zero-order valence-electron chi connectivity index (χ0n) is 7.25. The Bertz CT molecular complexity index is 479. The number of carboxylic acids is 1. The Labute approximate surface area is 83.4 Å². The minimum absolute atomic E-state index is 0.477. The summed E-state index contributed by atoms with van der Waals surface area (Å²) in [4.78, 5) is 11.3. The minimum atomic E-state index is -0.815. The lowest BCUT2D eigenvalue weighted by Crippen LogP contribution is -1.93. The maximum atomic E-state index is 10.8. The predicted molar refractivity (Wildman–Crippen MR) is 56.1 cm³/mol. The lowest BCUT2D eigenvalue weighted by Gasteiger charge is -1.91. The van der Waals surface area contributed by atoms with E-state index in [1.54, 1.807) is 11.3 Å². The molecule has 0 aliphatic heterocycles. The summed E-state index contributed by atoms with van der Waals surface area (Å²) in [5.74, 6) is -0.815. The summed E-state index contributed by atoms with van der Waals surface area (Å²) >= 11 is 2.99. The van der Waals surface area contributed by atoms with E-state index in [0.29, 0.717) is 4.88 Å². The van der Waals surface area contributed by atoms with Gasteiger partial charge in [-0.3, -0.25) is 0 Å². The number of hydrogen-bond donors (Lipinski definition) is 1. The van der Waals surface area contributed by atoms with E-state index in [1.165, 1.54) is 16.9 Å². The molecule has 2 aromatic heterocycles. The molecule has 0 unspecified atom stereocenters. The van der Waals surface area contributed by atoms with Crippen LogP contribution in [-0.2, 0) is 0 Å². The maximum Gasteiger partial charge on any atom is 0.346 e. The fraction of sp³-hybridized carbons (Fsp3) is 0.222. The van der Waals surface area contributed by atoms with E-state index in [0.717, 1.165) is 15.0 Å². The van der Waals surface area contributed by atoms with Gasteiger partial charge in [-0.2, -0.15) is 0 Å². The van der Waals surface area contributed by atoms with Crippen molar-refractivity contribution in [1.29, 1.82) is 0 Å². The molecule has 0 aromatic carbocycles. The van der Waals surface area contributed by atoms with Crippen LogP contribution in [0.3, 0.4) is 0 Å². The first-order valence-corrected chi connectivity index (χ1v) is 5.51. The Morgan fingerprint density at radius 2 is 2.15 bits per heavy atom. The lowest BCUT2D eigenvalue weighted by atomic mass is 10.1. The van der Waals surface area contributed by atoms with Crippen LogP contribution in [0.25, 0.3) is 9.40 Å². The molecule has 0 saturated heterocycles. The van der Waals surface area contributed by atoms with E-state index in [2.05, 4.69) is 5.38 Å². The molecule has 0 atom stereocenters. The maximum absolute atomic E-state index is 10.8. The Balaban J connectivity index is 2.82. The summed E-state index contributed by atoms with van der Waals surface area (Å²) in [5.41, 5.74) is 2.09. The molecular formula is C9H8O2S2. The van der Waals surface area contributed by atoms with E-state index in [1.807, 2.05) is 13.8 Å². The van der Waals surface area contributed by atoms with Gasteiger partial charge < -0.3 is 5.11 Å². The number of fused-ring (bicyclic) bond motifs is 1. The second-order valence-corrected chi connectivity index (χ2v) is 5.10. The zero-order valence-corrected chi connectivity index (χ0v) is 8.88. The molecule has 2 aromatic rings. The van der Waals surface area contributed by atoms with E-state index in [4.69, 9.17) is 5.11 Å². The Hall–Kier alpha value is -0.870. The number of hydrogen-bond acceptors (Lipinski definition) is 3. The number of thiophene rings is 2. The number of carbonyl (C=O) groups is 1. The van der Waals surface area contributed by atoms with Gasteiger partial charge in [0.1, 0.15) is 4.88 Å². The number of carboxylic acid groups (broad SMARTS) is 1. The summed E-state index contributed by atoms with van der Waals surface area (Å²) < 4.78 is 1.12. The van der Waals surface area contributed by atoms with Gasteiger partial charge in [0.25, 0.3) is 0 Å².